The summed E-state index contributed by atoms with van der Waals surface area (Å²) in [5.74, 6) is 0.447. The third-order valence-electron chi connectivity index (χ3n) is 4.57. The Bertz CT molecular complexity index is 726. The Balaban J connectivity index is 2.38. The molecule has 3 rings (SSSR count). The molecular weight excluding hydrogens is 284 g/mol. The number of aryl methyl sites for hydroxylation is 1. The first-order chi connectivity index (χ1) is 11.0. The Kier molecular flexibility index (Phi) is 3.83. The van der Waals surface area contributed by atoms with Crippen molar-refractivity contribution in [1.82, 2.24) is 0 Å². The first-order valence-electron chi connectivity index (χ1n) is 7.68. The maximum Gasteiger partial charge on any atom is 0.120 e. The Morgan fingerprint density at radius 3 is 1.43 bits per heavy atom. The van der Waals surface area contributed by atoms with Gasteiger partial charge in [0.05, 0.1) is 0 Å². The van der Waals surface area contributed by atoms with E-state index in [9.17, 15) is 10.2 Å². The largest absolute Gasteiger partial charge is 0.508 e. The molecule has 116 valence electrons. The van der Waals surface area contributed by atoms with E-state index in [0.717, 1.165) is 22.3 Å². The zero-order chi connectivity index (χ0) is 16.4. The molecule has 0 fully saturated rings. The molecule has 0 unspecified atom stereocenters. The van der Waals surface area contributed by atoms with Crippen LogP contribution in [0.2, 0.25) is 0 Å². The summed E-state index contributed by atoms with van der Waals surface area (Å²) in [5, 5.41) is 20.9. The summed E-state index contributed by atoms with van der Waals surface area (Å²) in [7, 11) is 0. The second-order valence-electron chi connectivity index (χ2n) is 5.97. The van der Waals surface area contributed by atoms with Gasteiger partial charge in [0.15, 0.2) is 0 Å². The molecule has 3 aromatic carbocycles. The zero-order valence-corrected chi connectivity index (χ0v) is 13.3. The molecule has 0 aliphatic rings. The second-order valence-corrected chi connectivity index (χ2v) is 5.97. The number of hydrogen-bond acceptors (Lipinski definition) is 2. The van der Waals surface area contributed by atoms with E-state index in [2.05, 4.69) is 0 Å². The smallest absolute Gasteiger partial charge is 0.120 e. The highest BCUT2D eigenvalue weighted by molar-refractivity contribution is 5.58. The average Bonchev–Trinajstić information content (AvgIpc) is 2.55. The van der Waals surface area contributed by atoms with Crippen molar-refractivity contribution in [3.8, 4) is 11.5 Å². The molecule has 2 heteroatoms. The van der Waals surface area contributed by atoms with Gasteiger partial charge in [-0.05, 0) is 37.1 Å². The fourth-order valence-electron chi connectivity index (χ4n) is 3.36. The standard InChI is InChI=1S/C21H20O2/c1-15-9-3-4-10-16(15)21(2,17-11-5-7-13-19(17)22)18-12-6-8-14-20(18)23/h3-14,22-23H,1-2H3. The van der Waals surface area contributed by atoms with Gasteiger partial charge in [-0.3, -0.25) is 0 Å². The SMILES string of the molecule is Cc1ccccc1C(C)(c1ccccc1O)c1ccccc1O. The van der Waals surface area contributed by atoms with Crippen LogP contribution in [0.4, 0.5) is 0 Å². The van der Waals surface area contributed by atoms with Gasteiger partial charge in [0.2, 0.25) is 0 Å². The van der Waals surface area contributed by atoms with E-state index >= 15 is 0 Å². The summed E-state index contributed by atoms with van der Waals surface area (Å²) in [6, 6.07) is 22.7. The van der Waals surface area contributed by atoms with Crippen LogP contribution in [0.15, 0.2) is 72.8 Å². The van der Waals surface area contributed by atoms with Crippen molar-refractivity contribution in [3.63, 3.8) is 0 Å². The van der Waals surface area contributed by atoms with Crippen molar-refractivity contribution in [3.05, 3.63) is 95.1 Å². The Morgan fingerprint density at radius 2 is 1.00 bits per heavy atom. The molecule has 0 amide bonds. The van der Waals surface area contributed by atoms with E-state index in [-0.39, 0.29) is 11.5 Å². The molecule has 0 spiro atoms. The van der Waals surface area contributed by atoms with Crippen LogP contribution in [-0.4, -0.2) is 10.2 Å². The van der Waals surface area contributed by atoms with E-state index < -0.39 is 5.41 Å². The number of para-hydroxylation sites is 2. The van der Waals surface area contributed by atoms with Crippen LogP contribution in [0.3, 0.4) is 0 Å². The number of phenols is 2. The van der Waals surface area contributed by atoms with Crippen LogP contribution in [0.1, 0.15) is 29.2 Å². The fraction of sp³-hybridized carbons (Fsp3) is 0.143. The van der Waals surface area contributed by atoms with E-state index in [4.69, 9.17) is 0 Å². The summed E-state index contributed by atoms with van der Waals surface area (Å²) in [6.07, 6.45) is 0. The minimum absolute atomic E-state index is 0.224. The first kappa shape index (κ1) is 15.2. The third kappa shape index (κ3) is 2.46. The number of hydrogen-bond donors (Lipinski definition) is 2. The lowest BCUT2D eigenvalue weighted by Gasteiger charge is -2.34. The molecule has 0 atom stereocenters. The molecule has 0 bridgehead atoms. The van der Waals surface area contributed by atoms with Crippen LogP contribution in [0.25, 0.3) is 0 Å². The average molecular weight is 304 g/mol. The maximum absolute atomic E-state index is 10.5. The Hall–Kier alpha value is -2.74. The molecule has 23 heavy (non-hydrogen) atoms. The number of aromatic hydroxyl groups is 2. The lowest BCUT2D eigenvalue weighted by molar-refractivity contribution is 0.442. The summed E-state index contributed by atoms with van der Waals surface area (Å²) in [4.78, 5) is 0. The molecule has 3 aromatic rings. The van der Waals surface area contributed by atoms with Gasteiger partial charge in [-0.1, -0.05) is 60.7 Å². The van der Waals surface area contributed by atoms with Gasteiger partial charge in [-0.2, -0.15) is 0 Å². The van der Waals surface area contributed by atoms with Crippen molar-refractivity contribution in [2.45, 2.75) is 19.3 Å². The van der Waals surface area contributed by atoms with Crippen molar-refractivity contribution < 1.29 is 10.2 Å². The van der Waals surface area contributed by atoms with Crippen molar-refractivity contribution in [2.75, 3.05) is 0 Å². The van der Waals surface area contributed by atoms with Crippen LogP contribution in [0, 0.1) is 6.92 Å². The van der Waals surface area contributed by atoms with Crippen LogP contribution in [0.5, 0.6) is 11.5 Å². The van der Waals surface area contributed by atoms with Crippen molar-refractivity contribution >= 4 is 0 Å². The minimum Gasteiger partial charge on any atom is -0.508 e. The van der Waals surface area contributed by atoms with Gasteiger partial charge < -0.3 is 10.2 Å². The Morgan fingerprint density at radius 1 is 0.609 bits per heavy atom. The van der Waals surface area contributed by atoms with Gasteiger partial charge in [-0.15, -0.1) is 0 Å². The molecule has 2 N–H and O–H groups in total. The topological polar surface area (TPSA) is 40.5 Å². The summed E-state index contributed by atoms with van der Waals surface area (Å²) < 4.78 is 0. The molecular formula is C21H20O2. The maximum atomic E-state index is 10.5. The van der Waals surface area contributed by atoms with Gasteiger partial charge >= 0.3 is 0 Å². The van der Waals surface area contributed by atoms with Crippen LogP contribution in [-0.2, 0) is 5.41 Å². The highest BCUT2D eigenvalue weighted by Gasteiger charge is 2.36. The van der Waals surface area contributed by atoms with Crippen molar-refractivity contribution in [1.29, 1.82) is 0 Å². The monoisotopic (exact) mass is 304 g/mol. The van der Waals surface area contributed by atoms with Gasteiger partial charge in [-0.25, -0.2) is 0 Å². The highest BCUT2D eigenvalue weighted by atomic mass is 16.3. The predicted molar refractivity (Wildman–Crippen MR) is 92.9 cm³/mol. The molecule has 0 aromatic heterocycles. The quantitative estimate of drug-likeness (QED) is 0.685. The number of rotatable bonds is 3. The lowest BCUT2D eigenvalue weighted by Crippen LogP contribution is -2.26. The van der Waals surface area contributed by atoms with Gasteiger partial charge in [0, 0.05) is 16.5 Å². The van der Waals surface area contributed by atoms with E-state index in [0.29, 0.717) is 0 Å². The predicted octanol–water partition coefficient (Wildman–Crippen LogP) is 4.76. The first-order valence-corrected chi connectivity index (χ1v) is 7.68. The number of phenolic OH excluding ortho intramolecular Hbond substituents is 2. The molecule has 0 aliphatic heterocycles. The van der Waals surface area contributed by atoms with Gasteiger partial charge in [0.1, 0.15) is 11.5 Å². The summed E-state index contributed by atoms with van der Waals surface area (Å²) in [6.45, 7) is 4.09. The third-order valence-corrected chi connectivity index (χ3v) is 4.57. The minimum atomic E-state index is -0.651. The summed E-state index contributed by atoms with van der Waals surface area (Å²) in [5.41, 5.74) is 3.07. The second kappa shape index (κ2) is 5.81. The molecule has 0 saturated heterocycles. The zero-order valence-electron chi connectivity index (χ0n) is 13.3. The van der Waals surface area contributed by atoms with Gasteiger partial charge in [0.25, 0.3) is 0 Å². The van der Waals surface area contributed by atoms with Crippen LogP contribution >= 0.6 is 0 Å². The lowest BCUT2D eigenvalue weighted by atomic mass is 9.69. The van der Waals surface area contributed by atoms with Crippen molar-refractivity contribution in [2.24, 2.45) is 0 Å². The molecule has 2 nitrogen and oxygen atoms in total. The molecule has 0 aliphatic carbocycles. The fourth-order valence-corrected chi connectivity index (χ4v) is 3.36. The summed E-state index contributed by atoms with van der Waals surface area (Å²) >= 11 is 0. The molecule has 0 saturated carbocycles. The molecule has 0 heterocycles. The Labute approximate surface area is 136 Å². The number of benzene rings is 3. The van der Waals surface area contributed by atoms with E-state index in [1.807, 2.05) is 74.5 Å². The van der Waals surface area contributed by atoms with E-state index in [1.54, 1.807) is 12.1 Å². The highest BCUT2D eigenvalue weighted by Crippen LogP contribution is 2.46. The molecule has 0 radical (unpaired) electrons. The van der Waals surface area contributed by atoms with Crippen LogP contribution < -0.4 is 0 Å². The van der Waals surface area contributed by atoms with E-state index in [1.165, 1.54) is 0 Å². The normalized spacial score (nSPS) is 11.4.